The van der Waals surface area contributed by atoms with E-state index in [1.807, 2.05) is 24.3 Å². The molecular weight excluding hydrogens is 440 g/mol. The zero-order valence-electron chi connectivity index (χ0n) is 17.0. The van der Waals surface area contributed by atoms with Crippen molar-refractivity contribution in [3.8, 4) is 11.5 Å². The summed E-state index contributed by atoms with van der Waals surface area (Å²) < 4.78 is 10.8. The fourth-order valence-electron chi connectivity index (χ4n) is 2.76. The number of benzene rings is 2. The molecule has 0 aliphatic carbocycles. The molecule has 1 amide bonds. The molecule has 2 aromatic carbocycles. The quantitative estimate of drug-likeness (QED) is 0.556. The minimum atomic E-state index is -1.13. The first-order chi connectivity index (χ1) is 14.9. The van der Waals surface area contributed by atoms with E-state index < -0.39 is 12.6 Å². The number of rotatable bonds is 8. The Morgan fingerprint density at radius 3 is 2.61 bits per heavy atom. The second-order valence-electron chi connectivity index (χ2n) is 6.45. The Bertz CT molecular complexity index is 1050. The average Bonchev–Trinajstić information content (AvgIpc) is 3.06. The van der Waals surface area contributed by atoms with Gasteiger partial charge in [0.05, 0.1) is 22.2 Å². The predicted octanol–water partition coefficient (Wildman–Crippen LogP) is 4.66. The fourth-order valence-corrected chi connectivity index (χ4v) is 3.88. The molecule has 0 atom stereocenters. The van der Waals surface area contributed by atoms with Gasteiger partial charge in [-0.05, 0) is 66.6 Å². The Kier molecular flexibility index (Phi) is 7.59. The first kappa shape index (κ1) is 22.7. The highest BCUT2D eigenvalue weighted by Crippen LogP contribution is 2.38. The molecule has 0 aromatic heterocycles. The van der Waals surface area contributed by atoms with Gasteiger partial charge < -0.3 is 19.9 Å². The van der Waals surface area contributed by atoms with E-state index in [1.165, 1.54) is 17.3 Å². The number of halogens is 1. The third-order valence-electron chi connectivity index (χ3n) is 4.20. The van der Waals surface area contributed by atoms with Gasteiger partial charge in [0.2, 0.25) is 0 Å². The van der Waals surface area contributed by atoms with Crippen LogP contribution in [0.2, 0.25) is 5.02 Å². The molecule has 0 spiro atoms. The number of amidine groups is 1. The number of aliphatic imine (C=N–C) groups is 1. The zero-order chi connectivity index (χ0) is 22.4. The van der Waals surface area contributed by atoms with Gasteiger partial charge >= 0.3 is 5.97 Å². The molecule has 1 saturated heterocycles. The van der Waals surface area contributed by atoms with Crippen molar-refractivity contribution in [1.82, 2.24) is 5.32 Å². The van der Waals surface area contributed by atoms with Crippen LogP contribution >= 0.6 is 23.4 Å². The SMILES string of the molecule is CCOc1cc(/C=C2\SC(=Nc3ccc(CC)cc3)NC2=O)cc(Cl)c1OCC(=O)O. The number of aliphatic carboxylic acids is 1. The van der Waals surface area contributed by atoms with Crippen molar-refractivity contribution >= 4 is 52.2 Å². The van der Waals surface area contributed by atoms with Gasteiger partial charge in [0, 0.05) is 0 Å². The Labute approximate surface area is 189 Å². The van der Waals surface area contributed by atoms with Crippen LogP contribution in [-0.2, 0) is 16.0 Å². The largest absolute Gasteiger partial charge is 0.490 e. The van der Waals surface area contributed by atoms with Gasteiger partial charge in [-0.2, -0.15) is 0 Å². The van der Waals surface area contributed by atoms with E-state index in [0.717, 1.165) is 12.1 Å². The summed E-state index contributed by atoms with van der Waals surface area (Å²) in [5.74, 6) is -0.945. The number of hydrogen-bond donors (Lipinski definition) is 2. The zero-order valence-corrected chi connectivity index (χ0v) is 18.5. The van der Waals surface area contributed by atoms with Crippen molar-refractivity contribution in [3.05, 3.63) is 57.5 Å². The van der Waals surface area contributed by atoms with Crippen LogP contribution in [0.5, 0.6) is 11.5 Å². The maximum atomic E-state index is 12.4. The van der Waals surface area contributed by atoms with Gasteiger partial charge in [-0.3, -0.25) is 4.79 Å². The summed E-state index contributed by atoms with van der Waals surface area (Å²) in [6.07, 6.45) is 2.61. The number of amides is 1. The highest BCUT2D eigenvalue weighted by Gasteiger charge is 2.24. The monoisotopic (exact) mass is 460 g/mol. The number of carboxylic acid groups (broad SMARTS) is 1. The lowest BCUT2D eigenvalue weighted by Crippen LogP contribution is -2.19. The first-order valence-electron chi connectivity index (χ1n) is 9.59. The summed E-state index contributed by atoms with van der Waals surface area (Å²) in [6, 6.07) is 11.0. The molecule has 0 saturated carbocycles. The highest BCUT2D eigenvalue weighted by atomic mass is 35.5. The Morgan fingerprint density at radius 2 is 1.97 bits per heavy atom. The lowest BCUT2D eigenvalue weighted by atomic mass is 10.1. The predicted molar refractivity (Wildman–Crippen MR) is 122 cm³/mol. The average molecular weight is 461 g/mol. The summed E-state index contributed by atoms with van der Waals surface area (Å²) in [5, 5.41) is 12.3. The third kappa shape index (κ3) is 6.02. The molecule has 1 heterocycles. The maximum absolute atomic E-state index is 12.4. The smallest absolute Gasteiger partial charge is 0.341 e. The third-order valence-corrected chi connectivity index (χ3v) is 5.39. The van der Waals surface area contributed by atoms with Gasteiger partial charge in [-0.15, -0.1) is 0 Å². The molecule has 0 radical (unpaired) electrons. The molecule has 3 rings (SSSR count). The summed E-state index contributed by atoms with van der Waals surface area (Å²) in [4.78, 5) is 28.1. The van der Waals surface area contributed by atoms with Crippen molar-refractivity contribution in [2.75, 3.05) is 13.2 Å². The molecule has 31 heavy (non-hydrogen) atoms. The number of thioether (sulfide) groups is 1. The molecule has 1 aliphatic heterocycles. The minimum Gasteiger partial charge on any atom is -0.490 e. The lowest BCUT2D eigenvalue weighted by molar-refractivity contribution is -0.139. The van der Waals surface area contributed by atoms with Crippen LogP contribution in [0.4, 0.5) is 5.69 Å². The number of ether oxygens (including phenoxy) is 2. The van der Waals surface area contributed by atoms with Crippen LogP contribution in [-0.4, -0.2) is 35.4 Å². The molecule has 2 aromatic rings. The molecule has 162 valence electrons. The minimum absolute atomic E-state index is 0.148. The van der Waals surface area contributed by atoms with Crippen LogP contribution < -0.4 is 14.8 Å². The standard InChI is InChI=1S/C22H21ClN2O5S/c1-3-13-5-7-15(8-6-13)24-22-25-21(28)18(31-22)11-14-9-16(23)20(30-12-19(26)27)17(10-14)29-4-2/h5-11H,3-4,12H2,1-2H3,(H,26,27)(H,24,25,28)/b18-11-. The fraction of sp³-hybridized carbons (Fsp3) is 0.227. The summed E-state index contributed by atoms with van der Waals surface area (Å²) in [6.45, 7) is 3.66. The van der Waals surface area contributed by atoms with E-state index in [-0.39, 0.29) is 16.7 Å². The van der Waals surface area contributed by atoms with E-state index in [4.69, 9.17) is 26.2 Å². The molecule has 1 aliphatic rings. The van der Waals surface area contributed by atoms with E-state index >= 15 is 0 Å². The van der Waals surface area contributed by atoms with Crippen LogP contribution in [0.15, 0.2) is 46.3 Å². The van der Waals surface area contributed by atoms with E-state index in [2.05, 4.69) is 17.2 Å². The van der Waals surface area contributed by atoms with Crippen LogP contribution in [0.3, 0.4) is 0 Å². The summed E-state index contributed by atoms with van der Waals surface area (Å²) in [7, 11) is 0. The van der Waals surface area contributed by atoms with Crippen molar-refractivity contribution in [2.45, 2.75) is 20.3 Å². The lowest BCUT2D eigenvalue weighted by Gasteiger charge is -2.13. The number of carbonyl (C=O) groups is 2. The Morgan fingerprint density at radius 1 is 1.23 bits per heavy atom. The normalized spacial score (nSPS) is 15.9. The topological polar surface area (TPSA) is 97.2 Å². The number of carboxylic acids is 1. The summed E-state index contributed by atoms with van der Waals surface area (Å²) in [5.41, 5.74) is 2.58. The summed E-state index contributed by atoms with van der Waals surface area (Å²) >= 11 is 7.50. The number of nitrogens with zero attached hydrogens (tertiary/aromatic N) is 1. The number of nitrogens with one attached hydrogen (secondary N) is 1. The van der Waals surface area contributed by atoms with Crippen molar-refractivity contribution < 1.29 is 24.2 Å². The molecule has 0 bridgehead atoms. The number of hydrogen-bond acceptors (Lipinski definition) is 6. The van der Waals surface area contributed by atoms with Crippen molar-refractivity contribution in [1.29, 1.82) is 0 Å². The van der Waals surface area contributed by atoms with E-state index in [1.54, 1.807) is 25.1 Å². The number of aryl methyl sites for hydroxylation is 1. The Hall–Kier alpha value is -2.97. The van der Waals surface area contributed by atoms with Crippen molar-refractivity contribution in [2.24, 2.45) is 4.99 Å². The molecule has 2 N–H and O–H groups in total. The molecule has 0 unspecified atom stereocenters. The molecular formula is C22H21ClN2O5S. The van der Waals surface area contributed by atoms with Gasteiger partial charge in [-0.1, -0.05) is 30.7 Å². The van der Waals surface area contributed by atoms with E-state index in [9.17, 15) is 9.59 Å². The van der Waals surface area contributed by atoms with E-state index in [0.29, 0.717) is 28.0 Å². The Balaban J connectivity index is 1.83. The van der Waals surface area contributed by atoms with Crippen LogP contribution in [0.1, 0.15) is 25.0 Å². The molecule has 7 nitrogen and oxygen atoms in total. The first-order valence-corrected chi connectivity index (χ1v) is 10.8. The second-order valence-corrected chi connectivity index (χ2v) is 7.88. The number of carbonyl (C=O) groups excluding carboxylic acids is 1. The van der Waals surface area contributed by atoms with Crippen molar-refractivity contribution in [3.63, 3.8) is 0 Å². The highest BCUT2D eigenvalue weighted by molar-refractivity contribution is 8.18. The second kappa shape index (κ2) is 10.4. The van der Waals surface area contributed by atoms with Gasteiger partial charge in [-0.25, -0.2) is 9.79 Å². The molecule has 9 heteroatoms. The van der Waals surface area contributed by atoms with Gasteiger partial charge in [0.25, 0.3) is 5.91 Å². The van der Waals surface area contributed by atoms with Crippen LogP contribution in [0, 0.1) is 0 Å². The maximum Gasteiger partial charge on any atom is 0.341 e. The van der Waals surface area contributed by atoms with Crippen LogP contribution in [0.25, 0.3) is 6.08 Å². The van der Waals surface area contributed by atoms with Gasteiger partial charge in [0.1, 0.15) is 0 Å². The molecule has 1 fully saturated rings. The van der Waals surface area contributed by atoms with Gasteiger partial charge in [0.15, 0.2) is 23.3 Å².